The fourth-order valence-electron chi connectivity index (χ4n) is 5.47. The Morgan fingerprint density at radius 2 is 2.00 bits per heavy atom. The molecule has 1 amide bonds. The van der Waals surface area contributed by atoms with E-state index in [4.69, 9.17) is 9.26 Å². The maximum atomic E-state index is 14.5. The van der Waals surface area contributed by atoms with Gasteiger partial charge in [0.2, 0.25) is 5.91 Å². The van der Waals surface area contributed by atoms with E-state index in [9.17, 15) is 22.4 Å². The van der Waals surface area contributed by atoms with E-state index in [2.05, 4.69) is 15.0 Å². The molecular weight excluding hydrogens is 504 g/mol. The standard InChI is InChI=1S/C27H34F4N4O3/c1-16(2)24-32-25(38-34-24)35-10-5-17(6-11-35)21-13-18(21)7-12-37-20-4-3-19(22(28)15-20)14-23(36)33-26(8-9-26)27(29,30)31/h3-4,15-18,21H,5-14H2,1-2H3,(H,33,36)/t18-,21?/m1/s1. The quantitative estimate of drug-likeness (QED) is 0.408. The van der Waals surface area contributed by atoms with Crippen LogP contribution in [-0.2, 0) is 11.2 Å². The van der Waals surface area contributed by atoms with Crippen molar-refractivity contribution in [3.05, 3.63) is 35.4 Å². The average molecular weight is 539 g/mol. The molecule has 3 fully saturated rings. The molecule has 1 aliphatic heterocycles. The van der Waals surface area contributed by atoms with Crippen molar-refractivity contribution in [1.29, 1.82) is 0 Å². The zero-order valence-electron chi connectivity index (χ0n) is 21.7. The van der Waals surface area contributed by atoms with Crippen molar-refractivity contribution in [2.45, 2.75) is 76.4 Å². The molecule has 1 aromatic carbocycles. The summed E-state index contributed by atoms with van der Waals surface area (Å²) in [5, 5.41) is 6.08. The number of alkyl halides is 3. The third-order valence-electron chi connectivity index (χ3n) is 8.14. The number of piperidine rings is 1. The molecule has 1 N–H and O–H groups in total. The summed E-state index contributed by atoms with van der Waals surface area (Å²) in [5.41, 5.74) is -2.10. The fourth-order valence-corrected chi connectivity index (χ4v) is 5.47. The van der Waals surface area contributed by atoms with Crippen LogP contribution in [0, 0.1) is 23.6 Å². The third-order valence-corrected chi connectivity index (χ3v) is 8.14. The summed E-state index contributed by atoms with van der Waals surface area (Å²) in [6, 6.07) is 4.77. The molecule has 11 heteroatoms. The van der Waals surface area contributed by atoms with Gasteiger partial charge in [-0.15, -0.1) is 0 Å². The fraction of sp³-hybridized carbons (Fsp3) is 0.667. The van der Waals surface area contributed by atoms with E-state index in [-0.39, 0.29) is 24.3 Å². The number of hydrogen-bond donors (Lipinski definition) is 1. The van der Waals surface area contributed by atoms with E-state index in [1.807, 2.05) is 19.2 Å². The lowest BCUT2D eigenvalue weighted by Crippen LogP contribution is -2.48. The van der Waals surface area contributed by atoms with E-state index in [0.29, 0.717) is 36.1 Å². The topological polar surface area (TPSA) is 80.5 Å². The van der Waals surface area contributed by atoms with E-state index in [1.54, 1.807) is 6.07 Å². The van der Waals surface area contributed by atoms with Crippen molar-refractivity contribution in [2.24, 2.45) is 17.8 Å². The lowest BCUT2D eigenvalue weighted by Gasteiger charge is -2.30. The van der Waals surface area contributed by atoms with Crippen molar-refractivity contribution in [1.82, 2.24) is 15.5 Å². The Bertz CT molecular complexity index is 1140. The van der Waals surface area contributed by atoms with Gasteiger partial charge in [-0.2, -0.15) is 18.2 Å². The first-order valence-corrected chi connectivity index (χ1v) is 13.4. The maximum Gasteiger partial charge on any atom is 0.411 e. The first-order chi connectivity index (χ1) is 18.0. The van der Waals surface area contributed by atoms with E-state index < -0.39 is 29.9 Å². The number of amides is 1. The van der Waals surface area contributed by atoms with Gasteiger partial charge in [-0.3, -0.25) is 4.79 Å². The Kier molecular flexibility index (Phi) is 7.30. The van der Waals surface area contributed by atoms with Crippen molar-refractivity contribution in [3.8, 4) is 5.75 Å². The third kappa shape index (κ3) is 5.91. The normalized spacial score (nSPS) is 23.0. The first kappa shape index (κ1) is 26.7. The Balaban J connectivity index is 1.02. The zero-order valence-corrected chi connectivity index (χ0v) is 21.7. The summed E-state index contributed by atoms with van der Waals surface area (Å²) < 4.78 is 64.7. The molecule has 0 spiro atoms. The average Bonchev–Trinajstić information content (AvgIpc) is 3.77. The van der Waals surface area contributed by atoms with Crippen LogP contribution in [0.1, 0.15) is 69.7 Å². The predicted octanol–water partition coefficient (Wildman–Crippen LogP) is 5.41. The number of halogens is 4. The molecule has 2 aliphatic carbocycles. The van der Waals surface area contributed by atoms with Gasteiger partial charge in [0.05, 0.1) is 13.0 Å². The highest BCUT2D eigenvalue weighted by molar-refractivity contribution is 5.80. The van der Waals surface area contributed by atoms with Crippen LogP contribution in [0.15, 0.2) is 22.7 Å². The Morgan fingerprint density at radius 1 is 1.26 bits per heavy atom. The number of aromatic nitrogens is 2. The number of ether oxygens (including phenoxy) is 1. The van der Waals surface area contributed by atoms with Gasteiger partial charge in [-0.1, -0.05) is 25.1 Å². The van der Waals surface area contributed by atoms with Crippen molar-refractivity contribution in [3.63, 3.8) is 0 Å². The number of nitrogens with one attached hydrogen (secondary N) is 1. The van der Waals surface area contributed by atoms with Crippen LogP contribution < -0.4 is 15.0 Å². The van der Waals surface area contributed by atoms with Crippen LogP contribution in [0.5, 0.6) is 5.75 Å². The summed E-state index contributed by atoms with van der Waals surface area (Å²) in [5.74, 6) is 1.77. The monoisotopic (exact) mass is 538 g/mol. The van der Waals surface area contributed by atoms with Gasteiger partial charge in [-0.05, 0) is 67.9 Å². The lowest BCUT2D eigenvalue weighted by atomic mass is 9.90. The van der Waals surface area contributed by atoms with Crippen LogP contribution in [0.25, 0.3) is 0 Å². The summed E-state index contributed by atoms with van der Waals surface area (Å²) in [4.78, 5) is 18.7. The van der Waals surface area contributed by atoms with Crippen LogP contribution in [0.3, 0.4) is 0 Å². The number of benzene rings is 1. The SMILES string of the molecule is CC(C)c1noc(N2CCC(C3C[C@H]3CCOc3ccc(CC(=O)NC4(C(F)(F)F)CC4)c(F)c3)CC2)n1. The molecule has 38 heavy (non-hydrogen) atoms. The van der Waals surface area contributed by atoms with Gasteiger partial charge < -0.3 is 19.5 Å². The molecule has 3 aliphatic rings. The molecule has 208 valence electrons. The van der Waals surface area contributed by atoms with E-state index >= 15 is 0 Å². The summed E-state index contributed by atoms with van der Waals surface area (Å²) in [7, 11) is 0. The highest BCUT2D eigenvalue weighted by atomic mass is 19.4. The molecule has 2 heterocycles. The molecule has 1 aromatic heterocycles. The number of hydrogen-bond acceptors (Lipinski definition) is 6. The van der Waals surface area contributed by atoms with Gasteiger partial charge >= 0.3 is 12.2 Å². The smallest absolute Gasteiger partial charge is 0.411 e. The van der Waals surface area contributed by atoms with Gasteiger partial charge in [0.1, 0.15) is 17.1 Å². The molecule has 1 saturated heterocycles. The second kappa shape index (κ2) is 10.4. The Hall–Kier alpha value is -2.85. The number of carbonyl (C=O) groups is 1. The second-order valence-electron chi connectivity index (χ2n) is 11.3. The minimum absolute atomic E-state index is 0.0439. The van der Waals surface area contributed by atoms with Crippen LogP contribution >= 0.6 is 0 Å². The lowest BCUT2D eigenvalue weighted by molar-refractivity contribution is -0.170. The molecule has 1 unspecified atom stereocenters. The zero-order chi connectivity index (χ0) is 27.1. The highest BCUT2D eigenvalue weighted by Crippen LogP contribution is 2.50. The second-order valence-corrected chi connectivity index (χ2v) is 11.3. The highest BCUT2D eigenvalue weighted by Gasteiger charge is 2.64. The maximum absolute atomic E-state index is 14.5. The van der Waals surface area contributed by atoms with Crippen molar-refractivity contribution in [2.75, 3.05) is 24.6 Å². The molecule has 2 atom stereocenters. The Morgan fingerprint density at radius 3 is 2.61 bits per heavy atom. The minimum atomic E-state index is -4.50. The van der Waals surface area contributed by atoms with Gasteiger partial charge in [0, 0.05) is 25.1 Å². The molecule has 0 bridgehead atoms. The van der Waals surface area contributed by atoms with Crippen LogP contribution in [0.2, 0.25) is 0 Å². The first-order valence-electron chi connectivity index (χ1n) is 13.4. The van der Waals surface area contributed by atoms with Gasteiger partial charge in [0.15, 0.2) is 5.82 Å². The number of anilines is 1. The van der Waals surface area contributed by atoms with Gasteiger partial charge in [-0.25, -0.2) is 4.39 Å². The summed E-state index contributed by atoms with van der Waals surface area (Å²) in [6.07, 6.45) is -0.986. The largest absolute Gasteiger partial charge is 0.493 e. The number of carbonyl (C=O) groups excluding carboxylic acids is 1. The summed E-state index contributed by atoms with van der Waals surface area (Å²) in [6.45, 7) is 6.36. The number of nitrogens with zero attached hydrogens (tertiary/aromatic N) is 3. The van der Waals surface area contributed by atoms with Crippen molar-refractivity contribution < 1.29 is 31.6 Å². The minimum Gasteiger partial charge on any atom is -0.493 e. The van der Waals surface area contributed by atoms with Crippen LogP contribution in [0.4, 0.5) is 23.6 Å². The molecule has 2 aromatic rings. The van der Waals surface area contributed by atoms with E-state index in [1.165, 1.54) is 18.6 Å². The molecular formula is C27H34F4N4O3. The molecule has 7 nitrogen and oxygen atoms in total. The molecule has 2 saturated carbocycles. The van der Waals surface area contributed by atoms with Crippen LogP contribution in [-0.4, -0.2) is 47.5 Å². The Labute approximate surface area is 219 Å². The molecule has 0 radical (unpaired) electrons. The predicted molar refractivity (Wildman–Crippen MR) is 131 cm³/mol. The van der Waals surface area contributed by atoms with Gasteiger partial charge in [0.25, 0.3) is 0 Å². The van der Waals surface area contributed by atoms with Crippen molar-refractivity contribution >= 4 is 11.9 Å². The number of rotatable bonds is 10. The molecule has 5 rings (SSSR count). The summed E-state index contributed by atoms with van der Waals surface area (Å²) >= 11 is 0. The van der Waals surface area contributed by atoms with E-state index in [0.717, 1.165) is 38.2 Å².